The van der Waals surface area contributed by atoms with Gasteiger partial charge in [0.15, 0.2) is 0 Å². The van der Waals surface area contributed by atoms with E-state index in [0.29, 0.717) is 5.76 Å². The smallest absolute Gasteiger partial charge is 0.130 e. The summed E-state index contributed by atoms with van der Waals surface area (Å²) in [7, 11) is 4.79. The molecule has 76 valence electrons. The van der Waals surface area contributed by atoms with E-state index in [1.165, 1.54) is 0 Å². The maximum absolute atomic E-state index is 5.17. The molecule has 3 heteroatoms. The Kier molecular flexibility index (Phi) is 3.40. The minimum absolute atomic E-state index is 0.556. The van der Waals surface area contributed by atoms with Gasteiger partial charge >= 0.3 is 0 Å². The van der Waals surface area contributed by atoms with Crippen LogP contribution in [-0.2, 0) is 4.74 Å². The van der Waals surface area contributed by atoms with E-state index in [9.17, 15) is 0 Å². The molecule has 0 N–H and O–H groups in total. The predicted molar refractivity (Wildman–Crippen MR) is 55.6 cm³/mol. The van der Waals surface area contributed by atoms with Crippen LogP contribution in [0.15, 0.2) is 24.8 Å². The van der Waals surface area contributed by atoms with Crippen LogP contribution in [0, 0.1) is 0 Å². The summed E-state index contributed by atoms with van der Waals surface area (Å²) in [4.78, 5) is 0. The van der Waals surface area contributed by atoms with Crippen molar-refractivity contribution in [3.05, 3.63) is 30.3 Å². The monoisotopic (exact) mass is 194 g/mol. The van der Waals surface area contributed by atoms with Crippen LogP contribution >= 0.6 is 0 Å². The predicted octanol–water partition coefficient (Wildman–Crippen LogP) is 2.32. The van der Waals surface area contributed by atoms with Gasteiger partial charge in [-0.1, -0.05) is 6.58 Å². The molecule has 0 amide bonds. The van der Waals surface area contributed by atoms with Gasteiger partial charge in [0.25, 0.3) is 0 Å². The van der Waals surface area contributed by atoms with Crippen LogP contribution in [0.3, 0.4) is 0 Å². The first-order valence-electron chi connectivity index (χ1n) is 4.18. The normalized spacial score (nSPS) is 9.36. The van der Waals surface area contributed by atoms with Gasteiger partial charge in [-0.3, -0.25) is 0 Å². The standard InChI is InChI=1S/C11H14O3/c1-8(12-2)10-7-9(13-3)5-6-11(10)14-4/h5-7H,1H2,2-4H3. The summed E-state index contributed by atoms with van der Waals surface area (Å²) in [6, 6.07) is 5.47. The van der Waals surface area contributed by atoms with E-state index >= 15 is 0 Å². The van der Waals surface area contributed by atoms with Crippen molar-refractivity contribution < 1.29 is 14.2 Å². The molecule has 0 heterocycles. The van der Waals surface area contributed by atoms with Crippen LogP contribution in [-0.4, -0.2) is 21.3 Å². The van der Waals surface area contributed by atoms with Crippen LogP contribution in [0.4, 0.5) is 0 Å². The number of benzene rings is 1. The zero-order valence-electron chi connectivity index (χ0n) is 8.66. The lowest BCUT2D eigenvalue weighted by molar-refractivity contribution is 0.361. The lowest BCUT2D eigenvalue weighted by Crippen LogP contribution is -1.93. The van der Waals surface area contributed by atoms with Crippen LogP contribution in [0.25, 0.3) is 5.76 Å². The van der Waals surface area contributed by atoms with Gasteiger partial charge in [-0.25, -0.2) is 0 Å². The van der Waals surface area contributed by atoms with Crippen molar-refractivity contribution in [1.29, 1.82) is 0 Å². The molecule has 0 aliphatic rings. The molecule has 3 nitrogen and oxygen atoms in total. The van der Waals surface area contributed by atoms with Crippen molar-refractivity contribution in [1.82, 2.24) is 0 Å². The van der Waals surface area contributed by atoms with E-state index in [1.54, 1.807) is 21.3 Å². The largest absolute Gasteiger partial charge is 0.497 e. The molecule has 0 unspecified atom stereocenters. The summed E-state index contributed by atoms with van der Waals surface area (Å²) in [5, 5.41) is 0. The summed E-state index contributed by atoms with van der Waals surface area (Å²) in [5.74, 6) is 2.03. The Bertz CT molecular complexity index is 331. The first-order valence-corrected chi connectivity index (χ1v) is 4.18. The van der Waals surface area contributed by atoms with Crippen LogP contribution in [0.1, 0.15) is 5.56 Å². The molecule has 0 bridgehead atoms. The second-order valence-electron chi connectivity index (χ2n) is 2.69. The topological polar surface area (TPSA) is 27.7 Å². The Labute approximate surface area is 83.9 Å². The Balaban J connectivity index is 3.14. The van der Waals surface area contributed by atoms with E-state index in [-0.39, 0.29) is 0 Å². The molecule has 0 radical (unpaired) electrons. The Morgan fingerprint density at radius 1 is 1.14 bits per heavy atom. The highest BCUT2D eigenvalue weighted by atomic mass is 16.5. The first-order chi connectivity index (χ1) is 6.72. The summed E-state index contributed by atoms with van der Waals surface area (Å²) in [5.41, 5.74) is 0.800. The van der Waals surface area contributed by atoms with Crippen molar-refractivity contribution in [3.63, 3.8) is 0 Å². The van der Waals surface area contributed by atoms with Gasteiger partial charge in [0.2, 0.25) is 0 Å². The summed E-state index contributed by atoms with van der Waals surface area (Å²) >= 11 is 0. The second-order valence-corrected chi connectivity index (χ2v) is 2.69. The fourth-order valence-electron chi connectivity index (χ4n) is 1.14. The van der Waals surface area contributed by atoms with Gasteiger partial charge in [-0.2, -0.15) is 0 Å². The molecule has 0 fully saturated rings. The molecule has 0 aliphatic heterocycles. The van der Waals surface area contributed by atoms with E-state index in [1.807, 2.05) is 18.2 Å². The van der Waals surface area contributed by atoms with Crippen molar-refractivity contribution >= 4 is 5.76 Å². The first kappa shape index (κ1) is 10.4. The third-order valence-corrected chi connectivity index (χ3v) is 1.95. The molecule has 14 heavy (non-hydrogen) atoms. The molecule has 0 aliphatic carbocycles. The van der Waals surface area contributed by atoms with Crippen molar-refractivity contribution in [2.24, 2.45) is 0 Å². The zero-order valence-corrected chi connectivity index (χ0v) is 8.66. The van der Waals surface area contributed by atoms with Gasteiger partial charge in [0, 0.05) is 0 Å². The molecule has 0 saturated carbocycles. The zero-order chi connectivity index (χ0) is 10.6. The van der Waals surface area contributed by atoms with E-state index < -0.39 is 0 Å². The number of rotatable bonds is 4. The fraction of sp³-hybridized carbons (Fsp3) is 0.273. The SMILES string of the molecule is C=C(OC)c1cc(OC)ccc1OC. The molecule has 1 aromatic rings. The molecular formula is C11H14O3. The molecule has 0 saturated heterocycles. The number of hydrogen-bond donors (Lipinski definition) is 0. The molecule has 1 rings (SSSR count). The summed E-state index contributed by atoms with van der Waals surface area (Å²) in [6.07, 6.45) is 0. The number of ether oxygens (including phenoxy) is 3. The van der Waals surface area contributed by atoms with Gasteiger partial charge in [-0.05, 0) is 18.2 Å². The van der Waals surface area contributed by atoms with Crippen LogP contribution in [0.2, 0.25) is 0 Å². The quantitative estimate of drug-likeness (QED) is 0.688. The average molecular weight is 194 g/mol. The lowest BCUT2D eigenvalue weighted by Gasteiger charge is -2.11. The van der Waals surface area contributed by atoms with Gasteiger partial charge < -0.3 is 14.2 Å². The van der Waals surface area contributed by atoms with Crippen molar-refractivity contribution in [2.75, 3.05) is 21.3 Å². The minimum Gasteiger partial charge on any atom is -0.497 e. The molecular weight excluding hydrogens is 180 g/mol. The maximum Gasteiger partial charge on any atom is 0.130 e. The highest BCUT2D eigenvalue weighted by Gasteiger charge is 2.08. The fourth-order valence-corrected chi connectivity index (χ4v) is 1.14. The summed E-state index contributed by atoms with van der Waals surface area (Å²) in [6.45, 7) is 3.77. The average Bonchev–Trinajstić information content (AvgIpc) is 2.27. The Morgan fingerprint density at radius 2 is 1.86 bits per heavy atom. The van der Waals surface area contributed by atoms with Crippen LogP contribution < -0.4 is 9.47 Å². The molecule has 1 aromatic carbocycles. The van der Waals surface area contributed by atoms with Gasteiger partial charge in [-0.15, -0.1) is 0 Å². The molecule has 0 spiro atoms. The van der Waals surface area contributed by atoms with Gasteiger partial charge in [0.1, 0.15) is 17.3 Å². The number of hydrogen-bond acceptors (Lipinski definition) is 3. The van der Waals surface area contributed by atoms with E-state index in [2.05, 4.69) is 6.58 Å². The summed E-state index contributed by atoms with van der Waals surface area (Å²) < 4.78 is 15.3. The number of methoxy groups -OCH3 is 3. The third kappa shape index (κ3) is 1.99. The second kappa shape index (κ2) is 4.56. The molecule has 0 atom stereocenters. The van der Waals surface area contributed by atoms with Crippen molar-refractivity contribution in [3.8, 4) is 11.5 Å². The van der Waals surface area contributed by atoms with Crippen LogP contribution in [0.5, 0.6) is 11.5 Å². The maximum atomic E-state index is 5.17. The lowest BCUT2D eigenvalue weighted by atomic mass is 10.1. The minimum atomic E-state index is 0.556. The van der Waals surface area contributed by atoms with E-state index in [0.717, 1.165) is 17.1 Å². The van der Waals surface area contributed by atoms with Crippen molar-refractivity contribution in [2.45, 2.75) is 0 Å². The Morgan fingerprint density at radius 3 is 2.36 bits per heavy atom. The van der Waals surface area contributed by atoms with E-state index in [4.69, 9.17) is 14.2 Å². The highest BCUT2D eigenvalue weighted by Crippen LogP contribution is 2.29. The highest BCUT2D eigenvalue weighted by molar-refractivity contribution is 5.65. The Hall–Kier alpha value is -1.64. The molecule has 0 aromatic heterocycles. The third-order valence-electron chi connectivity index (χ3n) is 1.95. The van der Waals surface area contributed by atoms with Gasteiger partial charge in [0.05, 0.1) is 26.9 Å².